The minimum Gasteiger partial charge on any atom is -0.489 e. The third kappa shape index (κ3) is 4.10. The highest BCUT2D eigenvalue weighted by atomic mass is 16.5. The van der Waals surface area contributed by atoms with Crippen molar-refractivity contribution in [3.05, 3.63) is 65.2 Å². The Kier molecular flexibility index (Phi) is 5.63. The summed E-state index contributed by atoms with van der Waals surface area (Å²) in [5, 5.41) is 9.17. The summed E-state index contributed by atoms with van der Waals surface area (Å²) in [4.78, 5) is 0. The molecule has 20 heavy (non-hydrogen) atoms. The Hall–Kier alpha value is -1.80. The van der Waals surface area contributed by atoms with Crippen molar-refractivity contribution in [3.63, 3.8) is 0 Å². The van der Waals surface area contributed by atoms with Gasteiger partial charge >= 0.3 is 0 Å². The Labute approximate surface area is 121 Å². The average molecular weight is 270 g/mol. The summed E-state index contributed by atoms with van der Waals surface area (Å²) < 4.78 is 5.83. The fraction of sp³-hybridized carbons (Fsp3) is 0.333. The molecule has 0 aliphatic heterocycles. The van der Waals surface area contributed by atoms with Gasteiger partial charge in [0.05, 0.1) is 0 Å². The van der Waals surface area contributed by atoms with Crippen LogP contribution in [0.1, 0.15) is 30.0 Å². The van der Waals surface area contributed by atoms with E-state index in [2.05, 4.69) is 31.2 Å². The maximum absolute atomic E-state index is 9.17. The van der Waals surface area contributed by atoms with Crippen molar-refractivity contribution in [3.8, 4) is 5.75 Å². The number of aliphatic hydroxyl groups is 1. The summed E-state index contributed by atoms with van der Waals surface area (Å²) >= 11 is 0. The van der Waals surface area contributed by atoms with Crippen LogP contribution < -0.4 is 4.74 Å². The van der Waals surface area contributed by atoms with E-state index < -0.39 is 0 Å². The zero-order chi connectivity index (χ0) is 14.2. The van der Waals surface area contributed by atoms with Crippen LogP contribution in [0.4, 0.5) is 0 Å². The highest BCUT2D eigenvalue weighted by molar-refractivity contribution is 5.36. The average Bonchev–Trinajstić information content (AvgIpc) is 2.49. The molecule has 0 bridgehead atoms. The predicted octanol–water partition coefficient (Wildman–Crippen LogP) is 3.75. The van der Waals surface area contributed by atoms with Gasteiger partial charge in [0.25, 0.3) is 0 Å². The Morgan fingerprint density at radius 2 is 1.75 bits per heavy atom. The highest BCUT2D eigenvalue weighted by Gasteiger charge is 2.04. The Balaban J connectivity index is 2.06. The molecule has 2 aromatic rings. The van der Waals surface area contributed by atoms with Crippen molar-refractivity contribution in [1.29, 1.82) is 0 Å². The van der Waals surface area contributed by atoms with Gasteiger partial charge in [-0.2, -0.15) is 0 Å². The van der Waals surface area contributed by atoms with Gasteiger partial charge in [0, 0.05) is 6.61 Å². The van der Waals surface area contributed by atoms with E-state index in [1.165, 1.54) is 11.1 Å². The van der Waals surface area contributed by atoms with Crippen LogP contribution >= 0.6 is 0 Å². The van der Waals surface area contributed by atoms with Gasteiger partial charge in [-0.05, 0) is 41.7 Å². The van der Waals surface area contributed by atoms with Crippen LogP contribution in [-0.2, 0) is 19.4 Å². The molecule has 0 aliphatic rings. The first-order valence-corrected chi connectivity index (χ1v) is 7.23. The van der Waals surface area contributed by atoms with Crippen molar-refractivity contribution in [1.82, 2.24) is 0 Å². The Morgan fingerprint density at radius 3 is 2.45 bits per heavy atom. The summed E-state index contributed by atoms with van der Waals surface area (Å²) in [6.07, 6.45) is 2.86. The number of aryl methyl sites for hydroxylation is 1. The molecular weight excluding hydrogens is 248 g/mol. The molecule has 0 radical (unpaired) electrons. The van der Waals surface area contributed by atoms with Crippen molar-refractivity contribution < 1.29 is 9.84 Å². The van der Waals surface area contributed by atoms with Crippen molar-refractivity contribution in [2.75, 3.05) is 6.61 Å². The van der Waals surface area contributed by atoms with Crippen LogP contribution in [0.5, 0.6) is 5.75 Å². The van der Waals surface area contributed by atoms with Gasteiger partial charge in [-0.1, -0.05) is 49.7 Å². The first-order chi connectivity index (χ1) is 9.83. The molecule has 0 aromatic heterocycles. The van der Waals surface area contributed by atoms with Gasteiger partial charge in [0.1, 0.15) is 12.4 Å². The molecule has 0 heterocycles. The van der Waals surface area contributed by atoms with Crippen molar-refractivity contribution in [2.45, 2.75) is 32.8 Å². The maximum Gasteiger partial charge on any atom is 0.120 e. The Morgan fingerprint density at radius 1 is 0.950 bits per heavy atom. The summed E-state index contributed by atoms with van der Waals surface area (Å²) in [5.74, 6) is 0.872. The van der Waals surface area contributed by atoms with Gasteiger partial charge in [-0.3, -0.25) is 0 Å². The normalized spacial score (nSPS) is 10.5. The molecule has 0 fully saturated rings. The fourth-order valence-corrected chi connectivity index (χ4v) is 2.30. The van der Waals surface area contributed by atoms with Crippen LogP contribution in [0.3, 0.4) is 0 Å². The number of hydrogen-bond donors (Lipinski definition) is 1. The first kappa shape index (κ1) is 14.6. The second kappa shape index (κ2) is 7.71. The number of ether oxygens (including phenoxy) is 1. The van der Waals surface area contributed by atoms with E-state index in [1.54, 1.807) is 0 Å². The molecule has 0 saturated heterocycles. The van der Waals surface area contributed by atoms with Crippen molar-refractivity contribution in [2.24, 2.45) is 0 Å². The smallest absolute Gasteiger partial charge is 0.120 e. The van der Waals surface area contributed by atoms with Crippen LogP contribution in [0, 0.1) is 0 Å². The number of aliphatic hydroxyl groups excluding tert-OH is 1. The summed E-state index contributed by atoms with van der Waals surface area (Å²) in [5.41, 5.74) is 3.67. The zero-order valence-electron chi connectivity index (χ0n) is 12.0. The molecule has 0 amide bonds. The fourth-order valence-electron chi connectivity index (χ4n) is 2.30. The zero-order valence-corrected chi connectivity index (χ0v) is 12.0. The van der Waals surface area contributed by atoms with E-state index in [-0.39, 0.29) is 6.61 Å². The second-order valence-electron chi connectivity index (χ2n) is 4.93. The number of hydrogen-bond acceptors (Lipinski definition) is 2. The molecule has 2 nitrogen and oxygen atoms in total. The molecule has 0 aliphatic carbocycles. The van der Waals surface area contributed by atoms with Crippen LogP contribution in [0.25, 0.3) is 0 Å². The van der Waals surface area contributed by atoms with E-state index in [4.69, 9.17) is 4.74 Å². The highest BCUT2D eigenvalue weighted by Crippen LogP contribution is 2.21. The van der Waals surface area contributed by atoms with E-state index in [0.29, 0.717) is 13.0 Å². The van der Waals surface area contributed by atoms with Crippen LogP contribution in [0.15, 0.2) is 48.5 Å². The van der Waals surface area contributed by atoms with Gasteiger partial charge in [-0.25, -0.2) is 0 Å². The standard InChI is InChI=1S/C18H22O2/c1-2-6-16-9-10-18(13-17(16)11-12-19)20-14-15-7-4-3-5-8-15/h3-5,7-10,13,19H,2,6,11-12,14H2,1H3. The van der Waals surface area contributed by atoms with E-state index >= 15 is 0 Å². The largest absolute Gasteiger partial charge is 0.489 e. The minimum atomic E-state index is 0.179. The molecule has 2 aromatic carbocycles. The lowest BCUT2D eigenvalue weighted by atomic mass is 10.0. The summed E-state index contributed by atoms with van der Waals surface area (Å²) in [7, 11) is 0. The predicted molar refractivity (Wildman–Crippen MR) is 82.0 cm³/mol. The van der Waals surface area contributed by atoms with E-state index in [1.807, 2.05) is 24.3 Å². The summed E-state index contributed by atoms with van der Waals surface area (Å²) in [6.45, 7) is 2.92. The molecule has 2 heteroatoms. The molecule has 2 rings (SSSR count). The summed E-state index contributed by atoms with van der Waals surface area (Å²) in [6, 6.07) is 16.3. The lowest BCUT2D eigenvalue weighted by Gasteiger charge is -2.12. The van der Waals surface area contributed by atoms with Gasteiger partial charge in [0.15, 0.2) is 0 Å². The van der Waals surface area contributed by atoms with E-state index in [9.17, 15) is 5.11 Å². The molecule has 0 spiro atoms. The number of benzene rings is 2. The lowest BCUT2D eigenvalue weighted by molar-refractivity contribution is 0.296. The lowest BCUT2D eigenvalue weighted by Crippen LogP contribution is -2.00. The quantitative estimate of drug-likeness (QED) is 0.830. The van der Waals surface area contributed by atoms with Crippen LogP contribution in [0.2, 0.25) is 0 Å². The Bertz CT molecular complexity index is 520. The van der Waals surface area contributed by atoms with Crippen molar-refractivity contribution >= 4 is 0 Å². The molecule has 106 valence electrons. The van der Waals surface area contributed by atoms with E-state index in [0.717, 1.165) is 24.2 Å². The van der Waals surface area contributed by atoms with Crippen LogP contribution in [-0.4, -0.2) is 11.7 Å². The van der Waals surface area contributed by atoms with Gasteiger partial charge < -0.3 is 9.84 Å². The molecule has 0 atom stereocenters. The minimum absolute atomic E-state index is 0.179. The molecule has 0 unspecified atom stereocenters. The third-order valence-electron chi connectivity index (χ3n) is 3.33. The monoisotopic (exact) mass is 270 g/mol. The third-order valence-corrected chi connectivity index (χ3v) is 3.33. The topological polar surface area (TPSA) is 29.5 Å². The molecule has 0 saturated carbocycles. The van der Waals surface area contributed by atoms with Gasteiger partial charge in [0.2, 0.25) is 0 Å². The number of rotatable bonds is 7. The SMILES string of the molecule is CCCc1ccc(OCc2ccccc2)cc1CCO. The van der Waals surface area contributed by atoms with Gasteiger partial charge in [-0.15, -0.1) is 0 Å². The second-order valence-corrected chi connectivity index (χ2v) is 4.93. The first-order valence-electron chi connectivity index (χ1n) is 7.23. The molecule has 1 N–H and O–H groups in total. The molecular formula is C18H22O2. The maximum atomic E-state index is 9.17.